The summed E-state index contributed by atoms with van der Waals surface area (Å²) in [5.74, 6) is -1.04. The molecule has 3 rings (SSSR count). The van der Waals surface area contributed by atoms with E-state index in [1.807, 2.05) is 0 Å². The van der Waals surface area contributed by atoms with E-state index >= 15 is 0 Å². The molecule has 0 bridgehead atoms. The molecule has 1 aromatic carbocycles. The van der Waals surface area contributed by atoms with Gasteiger partial charge in [0.1, 0.15) is 11.5 Å². The molecule has 1 heterocycles. The number of nitrogens with zero attached hydrogens (tertiary/aromatic N) is 2. The van der Waals surface area contributed by atoms with Crippen molar-refractivity contribution in [3.05, 3.63) is 53.1 Å². The van der Waals surface area contributed by atoms with Gasteiger partial charge >= 0.3 is 6.18 Å². The van der Waals surface area contributed by atoms with Gasteiger partial charge in [0.05, 0.1) is 0 Å². The number of aromatic amines is 1. The molecule has 8 heteroatoms. The minimum Gasteiger partial charge on any atom is -0.330 e. The van der Waals surface area contributed by atoms with E-state index in [2.05, 4.69) is 10.2 Å². The number of H-pyrrole nitrogens is 1. The van der Waals surface area contributed by atoms with Gasteiger partial charge in [-0.2, -0.15) is 18.3 Å². The van der Waals surface area contributed by atoms with Gasteiger partial charge in [0, 0.05) is 24.2 Å². The summed E-state index contributed by atoms with van der Waals surface area (Å²) in [6, 6.07) is 6.67. The molecule has 0 saturated heterocycles. The fraction of sp³-hybridized carbons (Fsp3) is 0.444. The normalized spacial score (nSPS) is 15.8. The van der Waals surface area contributed by atoms with Crippen LogP contribution in [0.15, 0.2) is 30.3 Å². The van der Waals surface area contributed by atoms with Crippen LogP contribution in [0.25, 0.3) is 0 Å². The van der Waals surface area contributed by atoms with Crippen LogP contribution in [-0.4, -0.2) is 27.0 Å². The smallest absolute Gasteiger partial charge is 0.330 e. The lowest BCUT2D eigenvalue weighted by Gasteiger charge is -2.34. The van der Waals surface area contributed by atoms with Crippen molar-refractivity contribution in [1.82, 2.24) is 15.1 Å². The monoisotopic (exact) mass is 369 g/mol. The number of aromatic nitrogens is 2. The van der Waals surface area contributed by atoms with E-state index < -0.39 is 23.6 Å². The molecule has 1 fully saturated rings. The Morgan fingerprint density at radius 3 is 2.50 bits per heavy atom. The van der Waals surface area contributed by atoms with Crippen molar-refractivity contribution in [2.24, 2.45) is 0 Å². The molecule has 140 valence electrons. The van der Waals surface area contributed by atoms with E-state index in [1.165, 1.54) is 11.0 Å². The molecular weight excluding hydrogens is 350 g/mol. The molecule has 1 aliphatic carbocycles. The molecule has 4 nitrogen and oxygen atoms in total. The molecule has 1 aliphatic rings. The van der Waals surface area contributed by atoms with Crippen LogP contribution < -0.4 is 0 Å². The number of nitrogens with one attached hydrogen (secondary N) is 1. The Bertz CT molecular complexity index is 766. The zero-order valence-corrected chi connectivity index (χ0v) is 14.0. The van der Waals surface area contributed by atoms with Crippen LogP contribution in [0.1, 0.15) is 53.8 Å². The van der Waals surface area contributed by atoms with E-state index in [0.717, 1.165) is 32.1 Å². The maximum atomic E-state index is 14.0. The van der Waals surface area contributed by atoms with Gasteiger partial charge in [-0.1, -0.05) is 37.5 Å². The molecule has 0 radical (unpaired) electrons. The first kappa shape index (κ1) is 18.4. The highest BCUT2D eigenvalue weighted by molar-refractivity contribution is 5.92. The van der Waals surface area contributed by atoms with Gasteiger partial charge in [-0.25, -0.2) is 4.39 Å². The highest BCUT2D eigenvalue weighted by Gasteiger charge is 2.36. The number of hydrogen-bond acceptors (Lipinski definition) is 2. The standard InChI is InChI=1S/C18H19F4N3O/c19-14-9-5-4-6-12(14)11-25(13-7-2-1-3-8-13)17(26)15-10-16(24-23-15)18(20,21)22/h4-6,9-10,13H,1-3,7-8,11H2,(H,23,24). The fourth-order valence-electron chi connectivity index (χ4n) is 3.30. The molecule has 0 unspecified atom stereocenters. The first-order chi connectivity index (χ1) is 12.4. The van der Waals surface area contributed by atoms with E-state index in [-0.39, 0.29) is 18.3 Å². The van der Waals surface area contributed by atoms with Gasteiger partial charge in [-0.15, -0.1) is 0 Å². The summed E-state index contributed by atoms with van der Waals surface area (Å²) in [6.45, 7) is 0.0105. The molecule has 2 aromatic rings. The fourth-order valence-corrected chi connectivity index (χ4v) is 3.30. The third-order valence-electron chi connectivity index (χ3n) is 4.67. The number of carbonyl (C=O) groups is 1. The highest BCUT2D eigenvalue weighted by Crippen LogP contribution is 2.29. The number of hydrogen-bond donors (Lipinski definition) is 1. The quantitative estimate of drug-likeness (QED) is 0.805. The average molecular weight is 369 g/mol. The Kier molecular flexibility index (Phi) is 5.29. The third kappa shape index (κ3) is 4.05. The molecule has 26 heavy (non-hydrogen) atoms. The van der Waals surface area contributed by atoms with Gasteiger partial charge in [-0.3, -0.25) is 9.89 Å². The minimum atomic E-state index is -4.63. The van der Waals surface area contributed by atoms with Crippen molar-refractivity contribution < 1.29 is 22.4 Å². The Hall–Kier alpha value is -2.38. The SMILES string of the molecule is O=C(c1cc(C(F)(F)F)n[nH]1)N(Cc1ccccc1F)C1CCCCC1. The lowest BCUT2D eigenvalue weighted by Crippen LogP contribution is -2.41. The summed E-state index contributed by atoms with van der Waals surface area (Å²) >= 11 is 0. The second-order valence-electron chi connectivity index (χ2n) is 6.48. The van der Waals surface area contributed by atoms with E-state index in [1.54, 1.807) is 18.2 Å². The van der Waals surface area contributed by atoms with Crippen LogP contribution in [-0.2, 0) is 12.7 Å². The number of amides is 1. The summed E-state index contributed by atoms with van der Waals surface area (Å²) in [6.07, 6.45) is -0.206. The van der Waals surface area contributed by atoms with Crippen LogP contribution in [0, 0.1) is 5.82 Å². The largest absolute Gasteiger partial charge is 0.435 e. The van der Waals surface area contributed by atoms with Gasteiger partial charge in [0.15, 0.2) is 5.69 Å². The molecule has 0 spiro atoms. The molecule has 0 aliphatic heterocycles. The first-order valence-electron chi connectivity index (χ1n) is 8.53. The van der Waals surface area contributed by atoms with E-state index in [9.17, 15) is 22.4 Å². The number of alkyl halides is 3. The summed E-state index contributed by atoms with van der Waals surface area (Å²) < 4.78 is 52.3. The maximum absolute atomic E-state index is 14.0. The molecule has 1 N–H and O–H groups in total. The summed E-state index contributed by atoms with van der Waals surface area (Å²) in [5, 5.41) is 5.37. The van der Waals surface area contributed by atoms with Crippen molar-refractivity contribution in [2.75, 3.05) is 0 Å². The Labute approximate surface area is 148 Å². The summed E-state index contributed by atoms with van der Waals surface area (Å²) in [7, 11) is 0. The maximum Gasteiger partial charge on any atom is 0.435 e. The minimum absolute atomic E-state index is 0.0105. The zero-order valence-electron chi connectivity index (χ0n) is 14.0. The Morgan fingerprint density at radius 2 is 1.88 bits per heavy atom. The summed E-state index contributed by atoms with van der Waals surface area (Å²) in [5.41, 5.74) is -1.04. The van der Waals surface area contributed by atoms with E-state index in [0.29, 0.717) is 11.6 Å². The topological polar surface area (TPSA) is 49.0 Å². The van der Waals surface area contributed by atoms with Crippen LogP contribution in [0.4, 0.5) is 17.6 Å². The number of halogens is 4. The lowest BCUT2D eigenvalue weighted by atomic mass is 9.93. The van der Waals surface area contributed by atoms with Crippen molar-refractivity contribution in [2.45, 2.75) is 50.9 Å². The van der Waals surface area contributed by atoms with Crippen molar-refractivity contribution in [3.8, 4) is 0 Å². The lowest BCUT2D eigenvalue weighted by molar-refractivity contribution is -0.141. The predicted molar refractivity (Wildman–Crippen MR) is 86.7 cm³/mol. The van der Waals surface area contributed by atoms with Crippen LogP contribution in [0.3, 0.4) is 0 Å². The highest BCUT2D eigenvalue weighted by atomic mass is 19.4. The number of benzene rings is 1. The number of rotatable bonds is 4. The van der Waals surface area contributed by atoms with Crippen LogP contribution in [0.2, 0.25) is 0 Å². The zero-order chi connectivity index (χ0) is 18.7. The van der Waals surface area contributed by atoms with Crippen molar-refractivity contribution in [1.29, 1.82) is 0 Å². The predicted octanol–water partition coefficient (Wildman–Crippen LogP) is 4.54. The van der Waals surface area contributed by atoms with Crippen molar-refractivity contribution in [3.63, 3.8) is 0 Å². The molecule has 1 aromatic heterocycles. The third-order valence-corrected chi connectivity index (χ3v) is 4.67. The van der Waals surface area contributed by atoms with Gasteiger partial charge in [0.25, 0.3) is 5.91 Å². The summed E-state index contributed by atoms with van der Waals surface area (Å²) in [4.78, 5) is 14.3. The van der Waals surface area contributed by atoms with Crippen LogP contribution >= 0.6 is 0 Å². The average Bonchev–Trinajstić information content (AvgIpc) is 3.12. The molecule has 1 saturated carbocycles. The molecule has 1 amide bonds. The Morgan fingerprint density at radius 1 is 1.19 bits per heavy atom. The molecular formula is C18H19F4N3O. The first-order valence-corrected chi connectivity index (χ1v) is 8.53. The molecule has 0 atom stereocenters. The van der Waals surface area contributed by atoms with Gasteiger partial charge < -0.3 is 4.90 Å². The van der Waals surface area contributed by atoms with Gasteiger partial charge in [0.2, 0.25) is 0 Å². The Balaban J connectivity index is 1.88. The second kappa shape index (κ2) is 7.47. The number of carbonyl (C=O) groups excluding carboxylic acids is 1. The van der Waals surface area contributed by atoms with Gasteiger partial charge in [-0.05, 0) is 18.9 Å². The van der Waals surface area contributed by atoms with E-state index in [4.69, 9.17) is 0 Å². The van der Waals surface area contributed by atoms with Crippen molar-refractivity contribution >= 4 is 5.91 Å². The van der Waals surface area contributed by atoms with Crippen LogP contribution in [0.5, 0.6) is 0 Å². The second-order valence-corrected chi connectivity index (χ2v) is 6.48.